The van der Waals surface area contributed by atoms with Crippen LogP contribution in [0.25, 0.3) is 10.9 Å². The maximum Gasteiger partial charge on any atom is 0.144 e. The average molecular weight is 226 g/mol. The van der Waals surface area contributed by atoms with Gasteiger partial charge in [0.05, 0.1) is 12.6 Å². The van der Waals surface area contributed by atoms with E-state index in [1.165, 1.54) is 0 Å². The van der Waals surface area contributed by atoms with Crippen LogP contribution in [0.3, 0.4) is 0 Å². The molecule has 0 saturated heterocycles. The molecule has 2 nitrogen and oxygen atoms in total. The van der Waals surface area contributed by atoms with Gasteiger partial charge >= 0.3 is 0 Å². The van der Waals surface area contributed by atoms with Crippen molar-refractivity contribution in [1.82, 2.24) is 4.98 Å². The van der Waals surface area contributed by atoms with E-state index in [1.807, 2.05) is 24.4 Å². The lowest BCUT2D eigenvalue weighted by Crippen LogP contribution is -1.83. The summed E-state index contributed by atoms with van der Waals surface area (Å²) in [6.45, 7) is 0. The molecule has 1 heterocycles. The number of H-pyrrole nitrogens is 1. The highest BCUT2D eigenvalue weighted by Gasteiger charge is 2.02. The van der Waals surface area contributed by atoms with Gasteiger partial charge in [-0.1, -0.05) is 15.9 Å². The van der Waals surface area contributed by atoms with E-state index >= 15 is 0 Å². The fourth-order valence-corrected chi connectivity index (χ4v) is 1.72. The van der Waals surface area contributed by atoms with Gasteiger partial charge in [-0.25, -0.2) is 0 Å². The number of halogens is 1. The minimum atomic E-state index is 0.865. The number of hydrogen-bond donors (Lipinski definition) is 1. The Morgan fingerprint density at radius 3 is 3.00 bits per heavy atom. The zero-order valence-corrected chi connectivity index (χ0v) is 8.18. The van der Waals surface area contributed by atoms with Gasteiger partial charge in [-0.2, -0.15) is 0 Å². The third-order valence-corrected chi connectivity index (χ3v) is 2.27. The van der Waals surface area contributed by atoms with Gasteiger partial charge in [-0.3, -0.25) is 0 Å². The SMILES string of the molecule is COc1cc(Br)cc2cc[nH]c12. The summed E-state index contributed by atoms with van der Waals surface area (Å²) < 4.78 is 6.24. The van der Waals surface area contributed by atoms with E-state index in [0.29, 0.717) is 0 Å². The second-order valence-corrected chi connectivity index (χ2v) is 3.47. The molecule has 0 aliphatic rings. The summed E-state index contributed by atoms with van der Waals surface area (Å²) in [6, 6.07) is 6.01. The number of aromatic amines is 1. The molecule has 0 amide bonds. The molecule has 2 aromatic rings. The standard InChI is InChI=1S/C9H8BrNO/c1-12-8-5-7(10)4-6-2-3-11-9(6)8/h2-5,11H,1H3. The molecule has 12 heavy (non-hydrogen) atoms. The Bertz CT molecular complexity index is 408. The monoisotopic (exact) mass is 225 g/mol. The van der Waals surface area contributed by atoms with Gasteiger partial charge in [0.2, 0.25) is 0 Å². The van der Waals surface area contributed by atoms with Gasteiger partial charge < -0.3 is 9.72 Å². The lowest BCUT2D eigenvalue weighted by Gasteiger charge is -2.01. The molecule has 62 valence electrons. The van der Waals surface area contributed by atoms with Gasteiger partial charge in [0.1, 0.15) is 5.75 Å². The van der Waals surface area contributed by atoms with Crippen LogP contribution < -0.4 is 4.74 Å². The summed E-state index contributed by atoms with van der Waals surface area (Å²) in [7, 11) is 1.67. The second kappa shape index (κ2) is 2.83. The first-order valence-electron chi connectivity index (χ1n) is 3.62. The lowest BCUT2D eigenvalue weighted by molar-refractivity contribution is 0.419. The van der Waals surface area contributed by atoms with E-state index in [-0.39, 0.29) is 0 Å². The molecular weight excluding hydrogens is 218 g/mol. The van der Waals surface area contributed by atoms with Crippen LogP contribution in [-0.4, -0.2) is 12.1 Å². The number of fused-ring (bicyclic) bond motifs is 1. The zero-order valence-electron chi connectivity index (χ0n) is 6.60. The largest absolute Gasteiger partial charge is 0.495 e. The average Bonchev–Trinajstić information content (AvgIpc) is 2.50. The van der Waals surface area contributed by atoms with Crippen LogP contribution in [0.4, 0.5) is 0 Å². The molecule has 0 unspecified atom stereocenters. The Morgan fingerprint density at radius 2 is 2.25 bits per heavy atom. The van der Waals surface area contributed by atoms with Crippen molar-refractivity contribution < 1.29 is 4.74 Å². The van der Waals surface area contributed by atoms with E-state index < -0.39 is 0 Å². The normalized spacial score (nSPS) is 10.5. The van der Waals surface area contributed by atoms with Gasteiger partial charge in [0.25, 0.3) is 0 Å². The Labute approximate surface area is 78.7 Å². The number of methoxy groups -OCH3 is 1. The fraction of sp³-hybridized carbons (Fsp3) is 0.111. The van der Waals surface area contributed by atoms with Crippen LogP contribution in [0.2, 0.25) is 0 Å². The zero-order chi connectivity index (χ0) is 8.55. The highest BCUT2D eigenvalue weighted by atomic mass is 79.9. The van der Waals surface area contributed by atoms with Crippen LogP contribution >= 0.6 is 15.9 Å². The predicted molar refractivity (Wildman–Crippen MR) is 52.6 cm³/mol. The van der Waals surface area contributed by atoms with Crippen molar-refractivity contribution >= 4 is 26.8 Å². The number of rotatable bonds is 1. The van der Waals surface area contributed by atoms with Gasteiger partial charge in [0.15, 0.2) is 0 Å². The summed E-state index contributed by atoms with van der Waals surface area (Å²) >= 11 is 3.41. The molecule has 0 fully saturated rings. The maximum atomic E-state index is 5.21. The molecule has 0 spiro atoms. The minimum Gasteiger partial charge on any atom is -0.495 e. The number of benzene rings is 1. The molecule has 0 radical (unpaired) electrons. The van der Waals surface area contributed by atoms with Gasteiger partial charge in [-0.05, 0) is 18.2 Å². The van der Waals surface area contributed by atoms with Crippen LogP contribution in [0.15, 0.2) is 28.9 Å². The molecule has 0 aliphatic heterocycles. The van der Waals surface area contributed by atoms with E-state index in [1.54, 1.807) is 7.11 Å². The van der Waals surface area contributed by atoms with Crippen molar-refractivity contribution in [3.63, 3.8) is 0 Å². The van der Waals surface area contributed by atoms with Crippen molar-refractivity contribution in [3.05, 3.63) is 28.9 Å². The third kappa shape index (κ3) is 1.10. The van der Waals surface area contributed by atoms with Crippen molar-refractivity contribution in [2.75, 3.05) is 7.11 Å². The first kappa shape index (κ1) is 7.68. The molecular formula is C9H8BrNO. The van der Waals surface area contributed by atoms with Crippen LogP contribution in [0, 0.1) is 0 Å². The third-order valence-electron chi connectivity index (χ3n) is 1.81. The van der Waals surface area contributed by atoms with Crippen molar-refractivity contribution in [2.45, 2.75) is 0 Å². The van der Waals surface area contributed by atoms with Crippen molar-refractivity contribution in [1.29, 1.82) is 0 Å². The van der Waals surface area contributed by atoms with Crippen LogP contribution in [0.1, 0.15) is 0 Å². The Morgan fingerprint density at radius 1 is 1.42 bits per heavy atom. The van der Waals surface area contributed by atoms with E-state index in [0.717, 1.165) is 21.1 Å². The van der Waals surface area contributed by atoms with Gasteiger partial charge in [0, 0.05) is 16.1 Å². The summed E-state index contributed by atoms with van der Waals surface area (Å²) in [5.41, 5.74) is 1.04. The first-order valence-corrected chi connectivity index (χ1v) is 4.41. The molecule has 2 rings (SSSR count). The van der Waals surface area contributed by atoms with E-state index in [9.17, 15) is 0 Å². The quantitative estimate of drug-likeness (QED) is 0.794. The molecule has 0 aliphatic carbocycles. The highest BCUT2D eigenvalue weighted by molar-refractivity contribution is 9.10. The molecule has 0 saturated carbocycles. The molecule has 0 bridgehead atoms. The topological polar surface area (TPSA) is 25.0 Å². The molecule has 1 aromatic heterocycles. The van der Waals surface area contributed by atoms with Crippen LogP contribution in [-0.2, 0) is 0 Å². The summed E-state index contributed by atoms with van der Waals surface area (Å²) in [5, 5.41) is 1.15. The Hall–Kier alpha value is -0.960. The molecule has 1 N–H and O–H groups in total. The van der Waals surface area contributed by atoms with Crippen LogP contribution in [0.5, 0.6) is 5.75 Å². The smallest absolute Gasteiger partial charge is 0.144 e. The Kier molecular flexibility index (Phi) is 1.81. The summed E-state index contributed by atoms with van der Waals surface area (Å²) in [5.74, 6) is 0.865. The van der Waals surface area contributed by atoms with E-state index in [2.05, 4.69) is 20.9 Å². The Balaban J connectivity index is 2.80. The van der Waals surface area contributed by atoms with Crippen molar-refractivity contribution in [3.8, 4) is 5.75 Å². The minimum absolute atomic E-state index is 0.865. The number of ether oxygens (including phenoxy) is 1. The van der Waals surface area contributed by atoms with Gasteiger partial charge in [-0.15, -0.1) is 0 Å². The highest BCUT2D eigenvalue weighted by Crippen LogP contribution is 2.28. The maximum absolute atomic E-state index is 5.21. The van der Waals surface area contributed by atoms with Crippen molar-refractivity contribution in [2.24, 2.45) is 0 Å². The summed E-state index contributed by atoms with van der Waals surface area (Å²) in [6.07, 6.45) is 1.90. The predicted octanol–water partition coefficient (Wildman–Crippen LogP) is 2.94. The fourth-order valence-electron chi connectivity index (χ4n) is 1.26. The van der Waals surface area contributed by atoms with E-state index in [4.69, 9.17) is 4.74 Å². The second-order valence-electron chi connectivity index (χ2n) is 2.55. The molecule has 3 heteroatoms. The lowest BCUT2D eigenvalue weighted by atomic mass is 10.2. The number of hydrogen-bond acceptors (Lipinski definition) is 1. The molecule has 1 aromatic carbocycles. The first-order chi connectivity index (χ1) is 5.81. The number of aromatic nitrogens is 1. The molecule has 0 atom stereocenters. The number of nitrogens with one attached hydrogen (secondary N) is 1. The summed E-state index contributed by atoms with van der Waals surface area (Å²) in [4.78, 5) is 3.12.